The van der Waals surface area contributed by atoms with Crippen molar-refractivity contribution >= 4 is 17.9 Å². The third-order valence-corrected chi connectivity index (χ3v) is 5.19. The first-order valence-electron chi connectivity index (χ1n) is 10.4. The van der Waals surface area contributed by atoms with Gasteiger partial charge in [-0.1, -0.05) is 38.2 Å². The average Bonchev–Trinajstić information content (AvgIpc) is 2.63. The second-order valence-corrected chi connectivity index (χ2v) is 7.57. The van der Waals surface area contributed by atoms with Gasteiger partial charge in [-0.05, 0) is 25.7 Å². The Morgan fingerprint density at radius 3 is 1.32 bits per heavy atom. The first kappa shape index (κ1) is 26.1. The highest BCUT2D eigenvalue weighted by molar-refractivity contribution is 5.67. The van der Waals surface area contributed by atoms with Gasteiger partial charge in [-0.3, -0.25) is 14.4 Å². The summed E-state index contributed by atoms with van der Waals surface area (Å²) < 4.78 is 0.256. The molecule has 0 aromatic carbocycles. The zero-order valence-corrected chi connectivity index (χ0v) is 17.1. The fourth-order valence-electron chi connectivity index (χ4n) is 3.47. The highest BCUT2D eigenvalue weighted by atomic mass is 16.4. The van der Waals surface area contributed by atoms with E-state index in [1.165, 1.54) is 25.7 Å². The topological polar surface area (TPSA) is 112 Å². The summed E-state index contributed by atoms with van der Waals surface area (Å²) in [6, 6.07) is 0. The zero-order valence-electron chi connectivity index (χ0n) is 17.1. The van der Waals surface area contributed by atoms with Gasteiger partial charge < -0.3 is 19.8 Å². The number of unbranched alkanes of at least 4 members (excludes halogenated alkanes) is 8. The molecule has 0 aromatic rings. The Kier molecular flexibility index (Phi) is 15.0. The van der Waals surface area contributed by atoms with Gasteiger partial charge in [0.1, 0.15) is 0 Å². The SMILES string of the molecule is C=CCCCCCCCCCC[N+](CCC(=O)O)(CCC(=O)O)CCC(=O)O. The highest BCUT2D eigenvalue weighted by Crippen LogP contribution is 2.17. The number of nitrogens with zero attached hydrogens (tertiary/aromatic N) is 1. The van der Waals surface area contributed by atoms with Crippen molar-refractivity contribution in [2.24, 2.45) is 0 Å². The van der Waals surface area contributed by atoms with Crippen molar-refractivity contribution in [3.8, 4) is 0 Å². The molecule has 0 saturated carbocycles. The van der Waals surface area contributed by atoms with E-state index in [9.17, 15) is 14.4 Å². The molecule has 0 aromatic heterocycles. The second-order valence-electron chi connectivity index (χ2n) is 7.57. The third kappa shape index (κ3) is 15.2. The van der Waals surface area contributed by atoms with Gasteiger partial charge in [0.15, 0.2) is 0 Å². The Morgan fingerprint density at radius 1 is 0.607 bits per heavy atom. The minimum Gasteiger partial charge on any atom is -0.481 e. The van der Waals surface area contributed by atoms with Crippen molar-refractivity contribution < 1.29 is 34.2 Å². The van der Waals surface area contributed by atoms with E-state index in [1.54, 1.807) is 0 Å². The van der Waals surface area contributed by atoms with Gasteiger partial charge in [-0.15, -0.1) is 6.58 Å². The summed E-state index contributed by atoms with van der Waals surface area (Å²) in [5.41, 5.74) is 0. The molecule has 7 heteroatoms. The predicted molar refractivity (Wildman–Crippen MR) is 108 cm³/mol. The van der Waals surface area contributed by atoms with Crippen LogP contribution in [0, 0.1) is 0 Å². The normalized spacial score (nSPS) is 11.3. The van der Waals surface area contributed by atoms with Crippen LogP contribution in [0.1, 0.15) is 77.0 Å². The molecule has 0 saturated heterocycles. The van der Waals surface area contributed by atoms with Gasteiger partial charge in [0.25, 0.3) is 0 Å². The summed E-state index contributed by atoms with van der Waals surface area (Å²) in [4.78, 5) is 33.0. The van der Waals surface area contributed by atoms with Crippen LogP contribution < -0.4 is 0 Å². The summed E-state index contributed by atoms with van der Waals surface area (Å²) in [6.07, 6.45) is 11.7. The van der Waals surface area contributed by atoms with E-state index in [4.69, 9.17) is 15.3 Å². The van der Waals surface area contributed by atoms with E-state index >= 15 is 0 Å². The van der Waals surface area contributed by atoms with Gasteiger partial charge in [-0.25, -0.2) is 0 Å². The van der Waals surface area contributed by atoms with Crippen LogP contribution in [0.2, 0.25) is 0 Å². The van der Waals surface area contributed by atoms with Crippen molar-refractivity contribution in [1.82, 2.24) is 0 Å². The maximum Gasteiger partial charge on any atom is 0.309 e. The summed E-state index contributed by atoms with van der Waals surface area (Å²) in [5.74, 6) is -2.82. The number of rotatable bonds is 20. The van der Waals surface area contributed by atoms with Crippen LogP contribution in [0.25, 0.3) is 0 Å². The van der Waals surface area contributed by atoms with E-state index in [0.717, 1.165) is 32.1 Å². The summed E-state index contributed by atoms with van der Waals surface area (Å²) in [6.45, 7) is 5.18. The van der Waals surface area contributed by atoms with Crippen molar-refractivity contribution in [2.45, 2.75) is 77.0 Å². The number of hydrogen-bond donors (Lipinski definition) is 3. The molecule has 162 valence electrons. The van der Waals surface area contributed by atoms with Crippen molar-refractivity contribution in [2.75, 3.05) is 26.2 Å². The molecule has 0 fully saturated rings. The monoisotopic (exact) mass is 400 g/mol. The van der Waals surface area contributed by atoms with Gasteiger partial charge in [0, 0.05) is 0 Å². The number of carboxylic acid groups (broad SMARTS) is 3. The Bertz CT molecular complexity index is 432. The number of carbonyl (C=O) groups is 3. The van der Waals surface area contributed by atoms with Gasteiger partial charge in [0.05, 0.1) is 45.4 Å². The van der Waals surface area contributed by atoms with Crippen molar-refractivity contribution in [3.05, 3.63) is 12.7 Å². The quantitative estimate of drug-likeness (QED) is 0.162. The van der Waals surface area contributed by atoms with E-state index < -0.39 is 17.9 Å². The molecule has 0 atom stereocenters. The molecular formula is C21H38NO6+. The van der Waals surface area contributed by atoms with Gasteiger partial charge in [-0.2, -0.15) is 0 Å². The lowest BCUT2D eigenvalue weighted by Gasteiger charge is -2.38. The van der Waals surface area contributed by atoms with Crippen LogP contribution in [0.5, 0.6) is 0 Å². The second kappa shape index (κ2) is 16.1. The molecule has 3 N–H and O–H groups in total. The van der Waals surface area contributed by atoms with Gasteiger partial charge >= 0.3 is 17.9 Å². The number of carboxylic acids is 3. The first-order chi connectivity index (χ1) is 13.3. The first-order valence-corrected chi connectivity index (χ1v) is 10.4. The van der Waals surface area contributed by atoms with E-state index in [1.807, 2.05) is 6.08 Å². The molecule has 0 unspecified atom stereocenters. The molecule has 28 heavy (non-hydrogen) atoms. The summed E-state index contributed by atoms with van der Waals surface area (Å²) >= 11 is 0. The van der Waals surface area contributed by atoms with Crippen LogP contribution >= 0.6 is 0 Å². The Hall–Kier alpha value is -1.89. The van der Waals surface area contributed by atoms with Crippen LogP contribution in [0.15, 0.2) is 12.7 Å². The fourth-order valence-corrected chi connectivity index (χ4v) is 3.47. The summed E-state index contributed by atoms with van der Waals surface area (Å²) in [5, 5.41) is 27.1. The summed E-state index contributed by atoms with van der Waals surface area (Å²) in [7, 11) is 0. The molecule has 0 aliphatic heterocycles. The Morgan fingerprint density at radius 2 is 0.964 bits per heavy atom. The van der Waals surface area contributed by atoms with Gasteiger partial charge in [0.2, 0.25) is 0 Å². The minimum absolute atomic E-state index is 0.0794. The lowest BCUT2D eigenvalue weighted by molar-refractivity contribution is -0.927. The molecule has 7 nitrogen and oxygen atoms in total. The molecule has 0 heterocycles. The van der Waals surface area contributed by atoms with E-state index in [0.29, 0.717) is 6.54 Å². The van der Waals surface area contributed by atoms with Crippen LogP contribution in [-0.2, 0) is 14.4 Å². The van der Waals surface area contributed by atoms with Crippen LogP contribution in [0.4, 0.5) is 0 Å². The molecule has 0 rings (SSSR count). The Labute approximate surface area is 168 Å². The maximum absolute atomic E-state index is 11.0. The molecule has 0 radical (unpaired) electrons. The standard InChI is InChI=1S/C21H37NO6/c1-2-3-4-5-6-7-8-9-10-11-15-22(16-12-19(23)24,17-13-20(25)26)18-14-21(27)28/h2H,1,3-18H2,(H2-,23,24,25,26,27,28)/p+1. The fraction of sp³-hybridized carbons (Fsp3) is 0.762. The minimum atomic E-state index is -0.940. The number of aliphatic carboxylic acids is 3. The molecule has 0 aliphatic carbocycles. The van der Waals surface area contributed by atoms with E-state index in [-0.39, 0.29) is 43.4 Å². The number of hydrogen-bond acceptors (Lipinski definition) is 3. The maximum atomic E-state index is 11.0. The van der Waals surface area contributed by atoms with Crippen molar-refractivity contribution in [1.29, 1.82) is 0 Å². The molecular weight excluding hydrogens is 362 g/mol. The predicted octanol–water partition coefficient (Wildman–Crippen LogP) is 3.92. The lowest BCUT2D eigenvalue weighted by atomic mass is 10.1. The Balaban J connectivity index is 4.45. The van der Waals surface area contributed by atoms with Crippen molar-refractivity contribution in [3.63, 3.8) is 0 Å². The highest BCUT2D eigenvalue weighted by Gasteiger charge is 2.29. The number of allylic oxidation sites excluding steroid dienone is 1. The number of quaternary nitrogens is 1. The molecule has 0 bridgehead atoms. The average molecular weight is 401 g/mol. The zero-order chi connectivity index (χ0) is 21.3. The lowest BCUT2D eigenvalue weighted by Crippen LogP contribution is -2.52. The molecule has 0 aliphatic rings. The molecule has 0 amide bonds. The van der Waals surface area contributed by atoms with E-state index in [2.05, 4.69) is 6.58 Å². The third-order valence-electron chi connectivity index (χ3n) is 5.19. The van der Waals surface area contributed by atoms with Crippen LogP contribution in [-0.4, -0.2) is 63.9 Å². The smallest absolute Gasteiger partial charge is 0.309 e. The largest absolute Gasteiger partial charge is 0.481 e. The van der Waals surface area contributed by atoms with Crippen LogP contribution in [0.3, 0.4) is 0 Å². The molecule has 0 spiro atoms.